The first-order chi connectivity index (χ1) is 12.6. The molecular weight excluding hydrogens is 372 g/mol. The van der Waals surface area contributed by atoms with Gasteiger partial charge in [-0.25, -0.2) is 4.98 Å². The number of carbonyl (C=O) groups excluding carboxylic acids is 1. The molecule has 130 valence electrons. The third-order valence-corrected chi connectivity index (χ3v) is 4.78. The van der Waals surface area contributed by atoms with Crippen molar-refractivity contribution in [1.29, 1.82) is 0 Å². The normalized spacial score (nSPS) is 10.8. The lowest BCUT2D eigenvalue weighted by Gasteiger charge is -2.07. The zero-order chi connectivity index (χ0) is 18.1. The van der Waals surface area contributed by atoms with Crippen molar-refractivity contribution in [1.82, 2.24) is 14.8 Å². The third-order valence-electron chi connectivity index (χ3n) is 3.64. The lowest BCUT2D eigenvalue weighted by Crippen LogP contribution is -2.15. The molecule has 0 atom stereocenters. The number of nitrogens with one attached hydrogen (secondary N) is 1. The van der Waals surface area contributed by atoms with Crippen LogP contribution in [0.5, 0.6) is 0 Å². The second kappa shape index (κ2) is 6.78. The number of carbonyl (C=O) groups is 1. The standard InChI is InChI=1S/C18H13ClN4O2S/c1-11-9-16(21-17(24)12-5-2-3-6-13(12)19)23(22-11)18-20-14(10-26-18)15-7-4-8-25-15/h2-10H,1H3,(H,21,24). The topological polar surface area (TPSA) is 73.0 Å². The maximum absolute atomic E-state index is 12.6. The van der Waals surface area contributed by atoms with Gasteiger partial charge >= 0.3 is 0 Å². The van der Waals surface area contributed by atoms with Crippen LogP contribution >= 0.6 is 22.9 Å². The van der Waals surface area contributed by atoms with Crippen molar-refractivity contribution < 1.29 is 9.21 Å². The first-order valence-electron chi connectivity index (χ1n) is 7.74. The van der Waals surface area contributed by atoms with Crippen LogP contribution in [-0.4, -0.2) is 20.7 Å². The van der Waals surface area contributed by atoms with Gasteiger partial charge in [-0.15, -0.1) is 11.3 Å². The SMILES string of the molecule is Cc1cc(NC(=O)c2ccccc2Cl)n(-c2nc(-c3ccco3)cs2)n1. The molecule has 0 spiro atoms. The van der Waals surface area contributed by atoms with Crippen LogP contribution < -0.4 is 5.32 Å². The second-order valence-electron chi connectivity index (χ2n) is 5.51. The highest BCUT2D eigenvalue weighted by Crippen LogP contribution is 2.27. The number of aromatic nitrogens is 3. The lowest BCUT2D eigenvalue weighted by molar-refractivity contribution is 0.102. The van der Waals surface area contributed by atoms with E-state index in [4.69, 9.17) is 16.0 Å². The Hall–Kier alpha value is -2.90. The summed E-state index contributed by atoms with van der Waals surface area (Å²) in [5, 5.41) is 10.2. The summed E-state index contributed by atoms with van der Waals surface area (Å²) in [4.78, 5) is 17.1. The summed E-state index contributed by atoms with van der Waals surface area (Å²) in [6.45, 7) is 1.85. The number of nitrogens with zero attached hydrogens (tertiary/aromatic N) is 3. The molecule has 0 aliphatic heterocycles. The Morgan fingerprint density at radius 3 is 2.88 bits per heavy atom. The number of rotatable bonds is 4. The molecule has 0 aliphatic rings. The third kappa shape index (κ3) is 3.14. The monoisotopic (exact) mass is 384 g/mol. The number of benzene rings is 1. The molecule has 0 bridgehead atoms. The van der Waals surface area contributed by atoms with Gasteiger partial charge in [-0.2, -0.15) is 9.78 Å². The molecule has 0 saturated carbocycles. The van der Waals surface area contributed by atoms with Crippen LogP contribution in [0.1, 0.15) is 16.1 Å². The lowest BCUT2D eigenvalue weighted by atomic mass is 10.2. The number of aryl methyl sites for hydroxylation is 1. The van der Waals surface area contributed by atoms with Crippen LogP contribution in [-0.2, 0) is 0 Å². The van der Waals surface area contributed by atoms with Gasteiger partial charge in [0, 0.05) is 11.4 Å². The van der Waals surface area contributed by atoms with Gasteiger partial charge < -0.3 is 9.73 Å². The molecule has 3 heterocycles. The van der Waals surface area contributed by atoms with Crippen molar-refractivity contribution in [3.63, 3.8) is 0 Å². The zero-order valence-corrected chi connectivity index (χ0v) is 15.2. The largest absolute Gasteiger partial charge is 0.463 e. The van der Waals surface area contributed by atoms with Crippen molar-refractivity contribution in [2.45, 2.75) is 6.92 Å². The molecule has 8 heteroatoms. The van der Waals surface area contributed by atoms with Gasteiger partial charge in [-0.3, -0.25) is 4.79 Å². The first kappa shape index (κ1) is 16.6. The van der Waals surface area contributed by atoms with E-state index in [1.807, 2.05) is 24.4 Å². The van der Waals surface area contributed by atoms with E-state index in [9.17, 15) is 4.79 Å². The predicted octanol–water partition coefficient (Wildman–Crippen LogP) is 4.80. The Bertz CT molecular complexity index is 1070. The quantitative estimate of drug-likeness (QED) is 0.548. The fraction of sp³-hybridized carbons (Fsp3) is 0.0556. The maximum atomic E-state index is 12.6. The Balaban J connectivity index is 1.65. The molecular formula is C18H13ClN4O2S. The van der Waals surface area contributed by atoms with Crippen molar-refractivity contribution in [2.24, 2.45) is 0 Å². The van der Waals surface area contributed by atoms with E-state index >= 15 is 0 Å². The zero-order valence-electron chi connectivity index (χ0n) is 13.6. The number of amides is 1. The number of thiazole rings is 1. The van der Waals surface area contributed by atoms with Gasteiger partial charge in [-0.05, 0) is 31.2 Å². The molecule has 0 aliphatic carbocycles. The molecule has 3 aromatic heterocycles. The summed E-state index contributed by atoms with van der Waals surface area (Å²) in [7, 11) is 0. The van der Waals surface area contributed by atoms with Crippen molar-refractivity contribution >= 4 is 34.7 Å². The van der Waals surface area contributed by atoms with Crippen molar-refractivity contribution in [3.05, 3.63) is 70.4 Å². The highest BCUT2D eigenvalue weighted by Gasteiger charge is 2.17. The molecule has 0 unspecified atom stereocenters. The summed E-state index contributed by atoms with van der Waals surface area (Å²) < 4.78 is 6.97. The highest BCUT2D eigenvalue weighted by molar-refractivity contribution is 7.12. The van der Waals surface area contributed by atoms with E-state index < -0.39 is 0 Å². The molecule has 1 amide bonds. The van der Waals surface area contributed by atoms with Crippen LogP contribution in [0.3, 0.4) is 0 Å². The molecule has 0 fully saturated rings. The fourth-order valence-corrected chi connectivity index (χ4v) is 3.46. The Morgan fingerprint density at radius 1 is 1.27 bits per heavy atom. The van der Waals surface area contributed by atoms with Crippen LogP contribution in [0.15, 0.2) is 58.5 Å². The van der Waals surface area contributed by atoms with E-state index in [1.165, 1.54) is 11.3 Å². The molecule has 26 heavy (non-hydrogen) atoms. The summed E-state index contributed by atoms with van der Waals surface area (Å²) in [5.74, 6) is 0.894. The summed E-state index contributed by atoms with van der Waals surface area (Å²) >= 11 is 7.51. The van der Waals surface area contributed by atoms with Crippen LogP contribution in [0, 0.1) is 6.92 Å². The van der Waals surface area contributed by atoms with Gasteiger partial charge in [0.15, 0.2) is 5.76 Å². The van der Waals surface area contributed by atoms with Crippen molar-refractivity contribution in [2.75, 3.05) is 5.32 Å². The number of hydrogen-bond acceptors (Lipinski definition) is 5. The molecule has 0 radical (unpaired) electrons. The second-order valence-corrected chi connectivity index (χ2v) is 6.75. The summed E-state index contributed by atoms with van der Waals surface area (Å²) in [6.07, 6.45) is 1.60. The molecule has 6 nitrogen and oxygen atoms in total. The first-order valence-corrected chi connectivity index (χ1v) is 9.00. The molecule has 1 N–H and O–H groups in total. The maximum Gasteiger partial charge on any atom is 0.258 e. The fourth-order valence-electron chi connectivity index (χ4n) is 2.46. The Kier molecular flexibility index (Phi) is 4.32. The molecule has 1 aromatic carbocycles. The van der Waals surface area contributed by atoms with Gasteiger partial charge in [0.05, 0.1) is 22.5 Å². The van der Waals surface area contributed by atoms with Crippen LogP contribution in [0.4, 0.5) is 5.82 Å². The number of hydrogen-bond donors (Lipinski definition) is 1. The molecule has 0 saturated heterocycles. The average molecular weight is 385 g/mol. The van der Waals surface area contributed by atoms with Gasteiger partial charge in [-0.1, -0.05) is 23.7 Å². The minimum absolute atomic E-state index is 0.306. The van der Waals surface area contributed by atoms with Gasteiger partial charge in [0.1, 0.15) is 11.5 Å². The van der Waals surface area contributed by atoms with Crippen molar-refractivity contribution in [3.8, 4) is 16.6 Å². The number of anilines is 1. The van der Waals surface area contributed by atoms with E-state index in [2.05, 4.69) is 15.4 Å². The average Bonchev–Trinajstić information content (AvgIpc) is 3.35. The predicted molar refractivity (Wildman–Crippen MR) is 101 cm³/mol. The summed E-state index contributed by atoms with van der Waals surface area (Å²) in [6, 6.07) is 12.3. The minimum Gasteiger partial charge on any atom is -0.463 e. The van der Waals surface area contributed by atoms with Gasteiger partial charge in [0.2, 0.25) is 5.13 Å². The van der Waals surface area contributed by atoms with E-state index in [0.717, 1.165) is 5.69 Å². The smallest absolute Gasteiger partial charge is 0.258 e. The highest BCUT2D eigenvalue weighted by atomic mass is 35.5. The van der Waals surface area contributed by atoms with E-state index in [-0.39, 0.29) is 5.91 Å². The Morgan fingerprint density at radius 2 is 2.12 bits per heavy atom. The number of halogens is 1. The summed E-state index contributed by atoms with van der Waals surface area (Å²) in [5.41, 5.74) is 1.87. The van der Waals surface area contributed by atoms with E-state index in [0.29, 0.717) is 33.0 Å². The van der Waals surface area contributed by atoms with Crippen LogP contribution in [0.2, 0.25) is 5.02 Å². The van der Waals surface area contributed by atoms with Gasteiger partial charge in [0.25, 0.3) is 5.91 Å². The van der Waals surface area contributed by atoms with E-state index in [1.54, 1.807) is 41.3 Å². The number of furan rings is 1. The molecule has 4 aromatic rings. The van der Waals surface area contributed by atoms with Crippen LogP contribution in [0.25, 0.3) is 16.6 Å². The Labute approximate surface area is 158 Å². The minimum atomic E-state index is -0.306. The molecule has 4 rings (SSSR count).